The van der Waals surface area contributed by atoms with E-state index in [2.05, 4.69) is 4.99 Å². The summed E-state index contributed by atoms with van der Waals surface area (Å²) in [5, 5.41) is 0. The number of hydrogen-bond donors (Lipinski definition) is 2. The first-order chi connectivity index (χ1) is 2.89. The molecular weight excluding hydrogens is 76.1 g/mol. The highest BCUT2D eigenvalue weighted by atomic mass is 14.9. The molecule has 0 bridgehead atoms. The molecule has 1 rings (SSSR count). The third kappa shape index (κ3) is 0.407. The van der Waals surface area contributed by atoms with Gasteiger partial charge in [-0.25, -0.2) is 0 Å². The van der Waals surface area contributed by atoms with Gasteiger partial charge in [0.15, 0.2) is 0 Å². The minimum absolute atomic E-state index is 0.773. The number of nitrogens with two attached hydrogens (primary N) is 1. The summed E-state index contributed by atoms with van der Waals surface area (Å²) in [6.45, 7) is 0.895. The van der Waals surface area contributed by atoms with Crippen molar-refractivity contribution in [3.63, 3.8) is 0 Å². The monoisotopic (exact) mass is 83.1 g/mol. The Kier molecular flexibility index (Phi) is 0.638. The zero-order valence-corrected chi connectivity index (χ0v) is 3.44. The number of nitrogens with one attached hydrogen (secondary N) is 1. The highest BCUT2D eigenvalue weighted by Gasteiger charge is 1.93. The van der Waals surface area contributed by atoms with Gasteiger partial charge in [-0.3, -0.25) is 10.7 Å². The molecule has 2 nitrogen and oxygen atoms in total. The van der Waals surface area contributed by atoms with Gasteiger partial charge < -0.3 is 0 Å². The lowest BCUT2D eigenvalue weighted by atomic mass is 10.5. The number of amidine groups is 1. The topological polar surface area (TPSA) is 40.0 Å². The van der Waals surface area contributed by atoms with Crippen LogP contribution >= 0.6 is 0 Å². The molecule has 0 radical (unpaired) electrons. The Labute approximate surface area is 36.4 Å². The molecule has 0 saturated heterocycles. The average Bonchev–Trinajstić information content (AvgIpc) is 1.86. The maximum Gasteiger partial charge on any atom is 0.265 e. The van der Waals surface area contributed by atoms with Crippen LogP contribution in [0.2, 0.25) is 0 Å². The van der Waals surface area contributed by atoms with E-state index in [1.165, 1.54) is 0 Å². The Morgan fingerprint density at radius 1 is 1.83 bits per heavy atom. The van der Waals surface area contributed by atoms with Crippen molar-refractivity contribution in [2.75, 3.05) is 6.54 Å². The van der Waals surface area contributed by atoms with Gasteiger partial charge in [0.1, 0.15) is 6.54 Å². The molecule has 1 aliphatic heterocycles. The predicted octanol–water partition coefficient (Wildman–Crippen LogP) is -2.01. The summed E-state index contributed by atoms with van der Waals surface area (Å²) >= 11 is 0. The van der Waals surface area contributed by atoms with Crippen molar-refractivity contribution in [2.24, 2.45) is 5.73 Å². The van der Waals surface area contributed by atoms with E-state index in [0.717, 1.165) is 12.4 Å². The van der Waals surface area contributed by atoms with Gasteiger partial charge in [-0.2, -0.15) is 0 Å². The van der Waals surface area contributed by atoms with E-state index in [4.69, 9.17) is 5.73 Å². The standard InChI is InChI=1S/C4H6N2/c5-4-2-1-3-6-4/h1-2H,3H2,(H2,5,6)/p+1. The summed E-state index contributed by atoms with van der Waals surface area (Å²) in [7, 11) is 0. The lowest BCUT2D eigenvalue weighted by molar-refractivity contribution is -0.440. The van der Waals surface area contributed by atoms with E-state index in [0.29, 0.717) is 0 Å². The molecule has 0 saturated carbocycles. The van der Waals surface area contributed by atoms with Crippen molar-refractivity contribution >= 4 is 5.84 Å². The number of hydrogen-bond acceptors (Lipinski definition) is 1. The second-order valence-electron chi connectivity index (χ2n) is 1.24. The Balaban J connectivity index is 2.68. The predicted molar refractivity (Wildman–Crippen MR) is 24.2 cm³/mol. The van der Waals surface area contributed by atoms with Crippen LogP contribution < -0.4 is 10.7 Å². The van der Waals surface area contributed by atoms with E-state index in [1.54, 1.807) is 0 Å². The third-order valence-corrected chi connectivity index (χ3v) is 0.721. The molecule has 0 aromatic heterocycles. The van der Waals surface area contributed by atoms with Gasteiger partial charge in [0.25, 0.3) is 5.84 Å². The van der Waals surface area contributed by atoms with Crippen LogP contribution in [-0.2, 0) is 0 Å². The van der Waals surface area contributed by atoms with Crippen molar-refractivity contribution in [1.29, 1.82) is 0 Å². The summed E-state index contributed by atoms with van der Waals surface area (Å²) in [5.74, 6) is 0.773. The molecule has 0 aromatic carbocycles. The van der Waals surface area contributed by atoms with Gasteiger partial charge in [-0.1, -0.05) is 0 Å². The third-order valence-electron chi connectivity index (χ3n) is 0.721. The molecule has 6 heavy (non-hydrogen) atoms. The van der Waals surface area contributed by atoms with E-state index >= 15 is 0 Å². The summed E-state index contributed by atoms with van der Waals surface area (Å²) in [6, 6.07) is 0. The SMILES string of the molecule is NC1=[NH+]CC=C1. The summed E-state index contributed by atoms with van der Waals surface area (Å²) in [5.41, 5.74) is 5.25. The molecule has 1 aliphatic rings. The zero-order valence-electron chi connectivity index (χ0n) is 3.44. The lowest BCUT2D eigenvalue weighted by Crippen LogP contribution is -2.72. The van der Waals surface area contributed by atoms with Crippen LogP contribution in [0.1, 0.15) is 0 Å². The van der Waals surface area contributed by atoms with E-state index in [-0.39, 0.29) is 0 Å². The van der Waals surface area contributed by atoms with Crippen LogP contribution in [0.4, 0.5) is 0 Å². The van der Waals surface area contributed by atoms with Gasteiger partial charge in [-0.05, 0) is 6.08 Å². The van der Waals surface area contributed by atoms with Crippen LogP contribution in [-0.4, -0.2) is 12.4 Å². The van der Waals surface area contributed by atoms with Crippen molar-refractivity contribution in [2.45, 2.75) is 0 Å². The van der Waals surface area contributed by atoms with Crippen LogP contribution in [0.15, 0.2) is 12.2 Å². The fourth-order valence-corrected chi connectivity index (χ4v) is 0.422. The highest BCUT2D eigenvalue weighted by molar-refractivity contribution is 5.87. The normalized spacial score (nSPS) is 18.3. The van der Waals surface area contributed by atoms with Gasteiger partial charge >= 0.3 is 0 Å². The molecule has 0 amide bonds. The first-order valence-electron chi connectivity index (χ1n) is 1.92. The van der Waals surface area contributed by atoms with Crippen molar-refractivity contribution in [3.05, 3.63) is 12.2 Å². The van der Waals surface area contributed by atoms with Gasteiger partial charge in [-0.15, -0.1) is 0 Å². The average molecular weight is 83.1 g/mol. The minimum Gasteiger partial charge on any atom is -0.287 e. The molecule has 0 atom stereocenters. The second kappa shape index (κ2) is 1.12. The maximum atomic E-state index is 5.25. The van der Waals surface area contributed by atoms with Crippen molar-refractivity contribution in [1.82, 2.24) is 0 Å². The minimum atomic E-state index is 0.773. The summed E-state index contributed by atoms with van der Waals surface area (Å²) < 4.78 is 0. The van der Waals surface area contributed by atoms with Crippen molar-refractivity contribution < 1.29 is 4.99 Å². The zero-order chi connectivity index (χ0) is 4.41. The number of rotatable bonds is 0. The molecular formula is C4H7N2+. The van der Waals surface area contributed by atoms with E-state index in [1.807, 2.05) is 12.2 Å². The molecule has 3 N–H and O–H groups in total. The van der Waals surface area contributed by atoms with Crippen LogP contribution in [0.25, 0.3) is 0 Å². The fraction of sp³-hybridized carbons (Fsp3) is 0.250. The Hall–Kier alpha value is -0.790. The molecule has 0 fully saturated rings. The molecule has 2 heteroatoms. The second-order valence-corrected chi connectivity index (χ2v) is 1.24. The summed E-state index contributed by atoms with van der Waals surface area (Å²) in [4.78, 5) is 2.90. The maximum absolute atomic E-state index is 5.25. The Bertz CT molecular complexity index is 99.4. The van der Waals surface area contributed by atoms with Gasteiger partial charge in [0.05, 0.1) is 0 Å². The van der Waals surface area contributed by atoms with Crippen LogP contribution in [0.3, 0.4) is 0 Å². The largest absolute Gasteiger partial charge is 0.287 e. The molecule has 32 valence electrons. The molecule has 0 spiro atoms. The lowest BCUT2D eigenvalue weighted by Gasteiger charge is -1.66. The quantitative estimate of drug-likeness (QED) is 0.349. The Morgan fingerprint density at radius 2 is 2.67 bits per heavy atom. The molecule has 0 unspecified atom stereocenters. The van der Waals surface area contributed by atoms with Crippen LogP contribution in [0, 0.1) is 0 Å². The first-order valence-corrected chi connectivity index (χ1v) is 1.92. The molecule has 0 aromatic rings. The van der Waals surface area contributed by atoms with Gasteiger partial charge in [0, 0.05) is 6.08 Å². The molecule has 0 aliphatic carbocycles. The van der Waals surface area contributed by atoms with Gasteiger partial charge in [0.2, 0.25) is 0 Å². The highest BCUT2D eigenvalue weighted by Crippen LogP contribution is 1.64. The smallest absolute Gasteiger partial charge is 0.265 e. The summed E-state index contributed by atoms with van der Waals surface area (Å²) in [6.07, 6.45) is 3.84. The van der Waals surface area contributed by atoms with Crippen LogP contribution in [0.5, 0.6) is 0 Å². The fourth-order valence-electron chi connectivity index (χ4n) is 0.422. The van der Waals surface area contributed by atoms with E-state index in [9.17, 15) is 0 Å². The van der Waals surface area contributed by atoms with Crippen molar-refractivity contribution in [3.8, 4) is 0 Å². The molecule has 1 heterocycles. The first kappa shape index (κ1) is 3.40. The van der Waals surface area contributed by atoms with E-state index < -0.39 is 0 Å². The Morgan fingerprint density at radius 3 is 2.83 bits per heavy atom.